The molecule has 1 aromatic carbocycles. The van der Waals surface area contributed by atoms with Crippen LogP contribution < -0.4 is 15.4 Å². The van der Waals surface area contributed by atoms with Crippen molar-refractivity contribution in [2.45, 2.75) is 26.3 Å². The summed E-state index contributed by atoms with van der Waals surface area (Å²) in [5.74, 6) is -0.385. The summed E-state index contributed by atoms with van der Waals surface area (Å²) < 4.78 is 5.23. The second-order valence-corrected chi connectivity index (χ2v) is 7.44. The van der Waals surface area contributed by atoms with Gasteiger partial charge in [0.25, 0.3) is 0 Å². The number of aromatic nitrogens is 1. The minimum Gasteiger partial charge on any atom is -0.495 e. The lowest BCUT2D eigenvalue weighted by molar-refractivity contribution is -0.136. The Morgan fingerprint density at radius 1 is 1.14 bits per heavy atom. The van der Waals surface area contributed by atoms with Gasteiger partial charge in [0.2, 0.25) is 0 Å². The first-order valence-electron chi connectivity index (χ1n) is 9.90. The van der Waals surface area contributed by atoms with E-state index in [1.54, 1.807) is 12.1 Å². The smallest absolute Gasteiger partial charge is 0.313 e. The van der Waals surface area contributed by atoms with E-state index in [9.17, 15) is 9.59 Å². The summed E-state index contributed by atoms with van der Waals surface area (Å²) in [6.07, 6.45) is 5.63. The van der Waals surface area contributed by atoms with Gasteiger partial charge in [-0.2, -0.15) is 0 Å². The van der Waals surface area contributed by atoms with Crippen molar-refractivity contribution in [2.75, 3.05) is 32.1 Å². The van der Waals surface area contributed by atoms with Crippen LogP contribution in [0.15, 0.2) is 42.7 Å². The van der Waals surface area contributed by atoms with Crippen LogP contribution in [0.2, 0.25) is 0 Å². The van der Waals surface area contributed by atoms with E-state index in [1.807, 2.05) is 37.5 Å². The molecule has 7 heteroatoms. The third kappa shape index (κ3) is 6.02. The molecule has 2 N–H and O–H groups in total. The molecule has 2 amide bonds. The van der Waals surface area contributed by atoms with E-state index in [1.165, 1.54) is 12.7 Å². The van der Waals surface area contributed by atoms with Crippen molar-refractivity contribution in [3.63, 3.8) is 0 Å². The number of anilines is 1. The monoisotopic (exact) mass is 396 g/mol. The van der Waals surface area contributed by atoms with Crippen molar-refractivity contribution < 1.29 is 14.3 Å². The van der Waals surface area contributed by atoms with Gasteiger partial charge < -0.3 is 15.4 Å². The number of ether oxygens (including phenoxy) is 1. The minimum atomic E-state index is -0.677. The number of pyridine rings is 1. The average Bonchev–Trinajstić information content (AvgIpc) is 2.74. The van der Waals surface area contributed by atoms with Gasteiger partial charge in [-0.25, -0.2) is 0 Å². The molecule has 0 unspecified atom stereocenters. The number of rotatable bonds is 6. The third-order valence-corrected chi connectivity index (χ3v) is 5.22. The zero-order valence-corrected chi connectivity index (χ0v) is 17.0. The molecule has 0 saturated carbocycles. The standard InChI is InChI=1S/C22H28N4O3/c1-16-3-4-20(29-2)19(13-16)25-22(28)21(27)24-14-17-7-11-26(12-8-17)15-18-5-9-23-10-6-18/h3-6,9-10,13,17H,7-8,11-12,14-15H2,1-2H3,(H,24,27)(H,25,28). The van der Waals surface area contributed by atoms with Gasteiger partial charge in [-0.05, 0) is 74.2 Å². The number of nitrogens with one attached hydrogen (secondary N) is 2. The number of likely N-dealkylation sites (tertiary alicyclic amines) is 1. The highest BCUT2D eigenvalue weighted by Gasteiger charge is 2.22. The van der Waals surface area contributed by atoms with Crippen molar-refractivity contribution in [2.24, 2.45) is 5.92 Å². The molecular formula is C22H28N4O3. The lowest BCUT2D eigenvalue weighted by atomic mass is 9.96. The molecule has 0 atom stereocenters. The van der Waals surface area contributed by atoms with Gasteiger partial charge in [0.15, 0.2) is 0 Å². The quantitative estimate of drug-likeness (QED) is 0.733. The molecule has 0 radical (unpaired) electrons. The predicted molar refractivity (Wildman–Crippen MR) is 112 cm³/mol. The molecule has 2 aromatic rings. The maximum atomic E-state index is 12.2. The van der Waals surface area contributed by atoms with E-state index < -0.39 is 11.8 Å². The number of nitrogens with zero attached hydrogens (tertiary/aromatic N) is 2. The summed E-state index contributed by atoms with van der Waals surface area (Å²) in [5.41, 5.74) is 2.73. The van der Waals surface area contributed by atoms with Gasteiger partial charge in [-0.15, -0.1) is 0 Å². The zero-order chi connectivity index (χ0) is 20.6. The Labute approximate surface area is 171 Å². The number of benzene rings is 1. The van der Waals surface area contributed by atoms with E-state index in [0.29, 0.717) is 23.9 Å². The third-order valence-electron chi connectivity index (χ3n) is 5.22. The van der Waals surface area contributed by atoms with Crippen LogP contribution >= 0.6 is 0 Å². The molecule has 0 aliphatic carbocycles. The molecule has 154 valence electrons. The molecule has 2 heterocycles. The fraction of sp³-hybridized carbons (Fsp3) is 0.409. The van der Waals surface area contributed by atoms with E-state index in [2.05, 4.69) is 20.5 Å². The summed E-state index contributed by atoms with van der Waals surface area (Å²) in [7, 11) is 1.53. The second-order valence-electron chi connectivity index (χ2n) is 7.44. The maximum absolute atomic E-state index is 12.2. The molecule has 0 bridgehead atoms. The SMILES string of the molecule is COc1ccc(C)cc1NC(=O)C(=O)NCC1CCN(Cc2ccncc2)CC1. The Bertz CT molecular complexity index is 833. The number of methoxy groups -OCH3 is 1. The predicted octanol–water partition coefficient (Wildman–Crippen LogP) is 2.37. The molecule has 29 heavy (non-hydrogen) atoms. The van der Waals surface area contributed by atoms with E-state index in [-0.39, 0.29) is 0 Å². The Morgan fingerprint density at radius 2 is 1.86 bits per heavy atom. The van der Waals surface area contributed by atoms with Gasteiger partial charge >= 0.3 is 11.8 Å². The first-order valence-corrected chi connectivity index (χ1v) is 9.90. The first-order chi connectivity index (χ1) is 14.0. The number of carbonyl (C=O) groups excluding carboxylic acids is 2. The van der Waals surface area contributed by atoms with Crippen LogP contribution in [0.5, 0.6) is 5.75 Å². The van der Waals surface area contributed by atoms with Crippen LogP contribution in [0, 0.1) is 12.8 Å². The summed E-state index contributed by atoms with van der Waals surface area (Å²) in [4.78, 5) is 30.9. The molecule has 7 nitrogen and oxygen atoms in total. The van der Waals surface area contributed by atoms with Crippen LogP contribution in [0.3, 0.4) is 0 Å². The van der Waals surface area contributed by atoms with Crippen molar-refractivity contribution in [1.82, 2.24) is 15.2 Å². The fourth-order valence-electron chi connectivity index (χ4n) is 3.51. The fourth-order valence-corrected chi connectivity index (χ4v) is 3.51. The van der Waals surface area contributed by atoms with Crippen LogP contribution in [0.25, 0.3) is 0 Å². The molecular weight excluding hydrogens is 368 g/mol. The average molecular weight is 396 g/mol. The van der Waals surface area contributed by atoms with Crippen molar-refractivity contribution >= 4 is 17.5 Å². The molecule has 0 spiro atoms. The van der Waals surface area contributed by atoms with Crippen LogP contribution in [0.1, 0.15) is 24.0 Å². The van der Waals surface area contributed by atoms with Gasteiger partial charge in [-0.1, -0.05) is 6.07 Å². The highest BCUT2D eigenvalue weighted by Crippen LogP contribution is 2.25. The van der Waals surface area contributed by atoms with E-state index in [4.69, 9.17) is 4.74 Å². The first kappa shape index (κ1) is 20.8. The topological polar surface area (TPSA) is 83.6 Å². The number of piperidine rings is 1. The number of hydrogen-bond donors (Lipinski definition) is 2. The number of amides is 2. The summed E-state index contributed by atoms with van der Waals surface area (Å²) in [6.45, 7) is 5.31. The largest absolute Gasteiger partial charge is 0.495 e. The molecule has 1 aliphatic rings. The Kier molecular flexibility index (Phi) is 7.19. The Morgan fingerprint density at radius 3 is 2.55 bits per heavy atom. The van der Waals surface area contributed by atoms with Crippen LogP contribution in [-0.4, -0.2) is 48.4 Å². The molecule has 1 aromatic heterocycles. The van der Waals surface area contributed by atoms with Crippen molar-refractivity contribution in [1.29, 1.82) is 0 Å². The maximum Gasteiger partial charge on any atom is 0.313 e. The summed E-state index contributed by atoms with van der Waals surface area (Å²) in [5, 5.41) is 5.41. The second kappa shape index (κ2) is 10.0. The lowest BCUT2D eigenvalue weighted by Gasteiger charge is -2.32. The van der Waals surface area contributed by atoms with E-state index in [0.717, 1.165) is 38.0 Å². The summed E-state index contributed by atoms with van der Waals surface area (Å²) >= 11 is 0. The van der Waals surface area contributed by atoms with Gasteiger partial charge in [0.05, 0.1) is 12.8 Å². The summed E-state index contributed by atoms with van der Waals surface area (Å²) in [6, 6.07) is 9.50. The normalized spacial score (nSPS) is 15.0. The van der Waals surface area contributed by atoms with Crippen LogP contribution in [-0.2, 0) is 16.1 Å². The minimum absolute atomic E-state index is 0.383. The lowest BCUT2D eigenvalue weighted by Crippen LogP contribution is -2.41. The zero-order valence-electron chi connectivity index (χ0n) is 17.0. The van der Waals surface area contributed by atoms with Gasteiger partial charge in [-0.3, -0.25) is 19.5 Å². The van der Waals surface area contributed by atoms with E-state index >= 15 is 0 Å². The number of aryl methyl sites for hydroxylation is 1. The molecule has 3 rings (SSSR count). The van der Waals surface area contributed by atoms with Gasteiger partial charge in [0, 0.05) is 25.5 Å². The van der Waals surface area contributed by atoms with Gasteiger partial charge in [0.1, 0.15) is 5.75 Å². The Hall–Kier alpha value is -2.93. The number of hydrogen-bond acceptors (Lipinski definition) is 5. The Balaban J connectivity index is 1.42. The highest BCUT2D eigenvalue weighted by molar-refractivity contribution is 6.39. The highest BCUT2D eigenvalue weighted by atomic mass is 16.5. The number of carbonyl (C=O) groups is 2. The van der Waals surface area contributed by atoms with Crippen LogP contribution in [0.4, 0.5) is 5.69 Å². The molecule has 1 saturated heterocycles. The van der Waals surface area contributed by atoms with Crippen molar-refractivity contribution in [3.05, 3.63) is 53.9 Å². The molecule has 1 aliphatic heterocycles. The molecule has 1 fully saturated rings. The van der Waals surface area contributed by atoms with Crippen molar-refractivity contribution in [3.8, 4) is 5.75 Å².